The summed E-state index contributed by atoms with van der Waals surface area (Å²) in [6, 6.07) is 17.5. The molecule has 144 valence electrons. The number of urea groups is 1. The maximum absolute atomic E-state index is 12.1. The highest BCUT2D eigenvalue weighted by Crippen LogP contribution is 2.30. The van der Waals surface area contributed by atoms with Gasteiger partial charge in [0.15, 0.2) is 11.5 Å². The van der Waals surface area contributed by atoms with Crippen molar-refractivity contribution in [2.75, 3.05) is 20.3 Å². The van der Waals surface area contributed by atoms with Gasteiger partial charge in [0.1, 0.15) is 19.0 Å². The van der Waals surface area contributed by atoms with Crippen molar-refractivity contribution in [3.05, 3.63) is 65.7 Å². The summed E-state index contributed by atoms with van der Waals surface area (Å²) in [5.74, 6) is 2.30. The Balaban J connectivity index is 1.31. The lowest BCUT2D eigenvalue weighted by atomic mass is 10.1. The van der Waals surface area contributed by atoms with Crippen LogP contribution in [0.15, 0.2) is 54.6 Å². The molecule has 4 rings (SSSR count). The predicted octanol–water partition coefficient (Wildman–Crippen LogP) is 3.62. The minimum absolute atomic E-state index is 0.218. The van der Waals surface area contributed by atoms with Crippen molar-refractivity contribution >= 4 is 16.8 Å². The SMILES string of the molecule is COc1ccc2cc(CNC(=O)NCc3ccc4c(c3)OCCO4)ccc2c1. The third-order valence-electron chi connectivity index (χ3n) is 4.62. The van der Waals surface area contributed by atoms with Crippen molar-refractivity contribution in [2.24, 2.45) is 0 Å². The molecule has 0 unspecified atom stereocenters. The minimum Gasteiger partial charge on any atom is -0.497 e. The van der Waals surface area contributed by atoms with E-state index >= 15 is 0 Å². The molecule has 1 aliphatic heterocycles. The van der Waals surface area contributed by atoms with Crippen LogP contribution in [0.3, 0.4) is 0 Å². The van der Waals surface area contributed by atoms with Gasteiger partial charge in [-0.05, 0) is 52.2 Å². The average Bonchev–Trinajstić information content (AvgIpc) is 2.75. The van der Waals surface area contributed by atoms with E-state index in [2.05, 4.69) is 16.7 Å². The average molecular weight is 378 g/mol. The molecule has 6 heteroatoms. The molecule has 6 nitrogen and oxygen atoms in total. The van der Waals surface area contributed by atoms with Crippen LogP contribution in [-0.4, -0.2) is 26.4 Å². The lowest BCUT2D eigenvalue weighted by Crippen LogP contribution is -2.34. The standard InChI is InChI=1S/C22H22N2O4/c1-26-19-6-5-17-10-15(2-4-18(17)12-19)13-23-22(25)24-14-16-3-7-20-21(11-16)28-9-8-27-20/h2-7,10-12H,8-9,13-14H2,1H3,(H2,23,24,25). The van der Waals surface area contributed by atoms with Crippen molar-refractivity contribution in [1.29, 1.82) is 0 Å². The van der Waals surface area contributed by atoms with Crippen LogP contribution in [0.2, 0.25) is 0 Å². The molecule has 0 aromatic heterocycles. The summed E-state index contributed by atoms with van der Waals surface area (Å²) in [6.07, 6.45) is 0. The molecule has 0 bridgehead atoms. The van der Waals surface area contributed by atoms with E-state index in [0.717, 1.165) is 39.1 Å². The van der Waals surface area contributed by atoms with Gasteiger partial charge in [0.2, 0.25) is 0 Å². The van der Waals surface area contributed by atoms with E-state index in [0.29, 0.717) is 26.3 Å². The van der Waals surface area contributed by atoms with Crippen molar-refractivity contribution in [3.8, 4) is 17.2 Å². The van der Waals surface area contributed by atoms with Gasteiger partial charge in [-0.15, -0.1) is 0 Å². The topological polar surface area (TPSA) is 68.8 Å². The second kappa shape index (κ2) is 8.08. The Morgan fingerprint density at radius 3 is 2.29 bits per heavy atom. The Morgan fingerprint density at radius 2 is 1.50 bits per heavy atom. The van der Waals surface area contributed by atoms with Gasteiger partial charge in [-0.3, -0.25) is 0 Å². The summed E-state index contributed by atoms with van der Waals surface area (Å²) >= 11 is 0. The zero-order valence-electron chi connectivity index (χ0n) is 15.7. The highest BCUT2D eigenvalue weighted by Gasteiger charge is 2.12. The smallest absolute Gasteiger partial charge is 0.315 e. The van der Waals surface area contributed by atoms with Crippen LogP contribution in [-0.2, 0) is 13.1 Å². The Hall–Kier alpha value is -3.41. The number of hydrogen-bond donors (Lipinski definition) is 2. The molecule has 0 saturated carbocycles. The van der Waals surface area contributed by atoms with Gasteiger partial charge in [-0.2, -0.15) is 0 Å². The van der Waals surface area contributed by atoms with Crippen molar-refractivity contribution in [2.45, 2.75) is 13.1 Å². The van der Waals surface area contributed by atoms with Gasteiger partial charge in [-0.1, -0.05) is 24.3 Å². The lowest BCUT2D eigenvalue weighted by Gasteiger charge is -2.19. The largest absolute Gasteiger partial charge is 0.497 e. The van der Waals surface area contributed by atoms with E-state index in [1.807, 2.05) is 48.5 Å². The maximum Gasteiger partial charge on any atom is 0.315 e. The van der Waals surface area contributed by atoms with Crippen molar-refractivity contribution in [1.82, 2.24) is 10.6 Å². The zero-order chi connectivity index (χ0) is 19.3. The van der Waals surface area contributed by atoms with Crippen LogP contribution >= 0.6 is 0 Å². The monoisotopic (exact) mass is 378 g/mol. The predicted molar refractivity (Wildman–Crippen MR) is 107 cm³/mol. The molecule has 0 aliphatic carbocycles. The van der Waals surface area contributed by atoms with Crippen molar-refractivity contribution in [3.63, 3.8) is 0 Å². The summed E-state index contributed by atoms with van der Waals surface area (Å²) in [4.78, 5) is 12.1. The molecule has 28 heavy (non-hydrogen) atoms. The van der Waals surface area contributed by atoms with E-state index in [1.54, 1.807) is 7.11 Å². The first kappa shape index (κ1) is 18.0. The molecule has 1 heterocycles. The summed E-state index contributed by atoms with van der Waals surface area (Å²) in [7, 11) is 1.66. The van der Waals surface area contributed by atoms with E-state index < -0.39 is 0 Å². The normalized spacial score (nSPS) is 12.5. The second-order valence-corrected chi connectivity index (χ2v) is 6.56. The molecule has 0 saturated heterocycles. The fraction of sp³-hybridized carbons (Fsp3) is 0.227. The van der Waals surface area contributed by atoms with Gasteiger partial charge in [0.25, 0.3) is 0 Å². The molecule has 3 aromatic carbocycles. The second-order valence-electron chi connectivity index (χ2n) is 6.56. The van der Waals surface area contributed by atoms with Crippen molar-refractivity contribution < 1.29 is 19.0 Å². The highest BCUT2D eigenvalue weighted by atomic mass is 16.6. The Bertz CT molecular complexity index is 1000. The number of nitrogens with one attached hydrogen (secondary N) is 2. The summed E-state index contributed by atoms with van der Waals surface area (Å²) in [5, 5.41) is 7.96. The van der Waals surface area contributed by atoms with Crippen LogP contribution in [0.25, 0.3) is 10.8 Å². The molecular formula is C22H22N2O4. The number of rotatable bonds is 5. The molecule has 2 amide bonds. The Morgan fingerprint density at radius 1 is 0.857 bits per heavy atom. The molecule has 0 fully saturated rings. The van der Waals surface area contributed by atoms with Crippen LogP contribution in [0, 0.1) is 0 Å². The molecule has 0 radical (unpaired) electrons. The fourth-order valence-corrected chi connectivity index (χ4v) is 3.14. The highest BCUT2D eigenvalue weighted by molar-refractivity contribution is 5.84. The number of fused-ring (bicyclic) bond motifs is 2. The van der Waals surface area contributed by atoms with Gasteiger partial charge in [0, 0.05) is 13.1 Å². The molecule has 2 N–H and O–H groups in total. The number of benzene rings is 3. The first-order valence-corrected chi connectivity index (χ1v) is 9.18. The Labute approximate surface area is 163 Å². The van der Waals surface area contributed by atoms with E-state index in [1.165, 1.54) is 0 Å². The molecular weight excluding hydrogens is 356 g/mol. The van der Waals surface area contributed by atoms with Gasteiger partial charge < -0.3 is 24.8 Å². The van der Waals surface area contributed by atoms with Gasteiger partial charge in [-0.25, -0.2) is 4.79 Å². The van der Waals surface area contributed by atoms with E-state index in [-0.39, 0.29) is 6.03 Å². The van der Waals surface area contributed by atoms with E-state index in [9.17, 15) is 4.79 Å². The number of amides is 2. The first-order valence-electron chi connectivity index (χ1n) is 9.18. The van der Waals surface area contributed by atoms with Crippen LogP contribution in [0.4, 0.5) is 4.79 Å². The summed E-state index contributed by atoms with van der Waals surface area (Å²) in [6.45, 7) is 1.98. The molecule has 0 atom stereocenters. The van der Waals surface area contributed by atoms with Gasteiger partial charge in [0.05, 0.1) is 7.11 Å². The van der Waals surface area contributed by atoms with Crippen LogP contribution < -0.4 is 24.8 Å². The fourth-order valence-electron chi connectivity index (χ4n) is 3.14. The number of hydrogen-bond acceptors (Lipinski definition) is 4. The molecule has 3 aromatic rings. The summed E-state index contributed by atoms with van der Waals surface area (Å²) in [5.41, 5.74) is 1.99. The van der Waals surface area contributed by atoms with Crippen LogP contribution in [0.1, 0.15) is 11.1 Å². The number of carbonyl (C=O) groups excluding carboxylic acids is 1. The number of carbonyl (C=O) groups is 1. The van der Waals surface area contributed by atoms with Gasteiger partial charge >= 0.3 is 6.03 Å². The zero-order valence-corrected chi connectivity index (χ0v) is 15.7. The summed E-state index contributed by atoms with van der Waals surface area (Å²) < 4.78 is 16.3. The third kappa shape index (κ3) is 4.11. The molecule has 0 spiro atoms. The van der Waals surface area contributed by atoms with Crippen LogP contribution in [0.5, 0.6) is 17.2 Å². The number of ether oxygens (including phenoxy) is 3. The Kier molecular flexibility index (Phi) is 5.19. The number of methoxy groups -OCH3 is 1. The quantitative estimate of drug-likeness (QED) is 0.712. The third-order valence-corrected chi connectivity index (χ3v) is 4.62. The van der Waals surface area contributed by atoms with E-state index in [4.69, 9.17) is 14.2 Å². The lowest BCUT2D eigenvalue weighted by molar-refractivity contribution is 0.171. The molecule has 1 aliphatic rings. The maximum atomic E-state index is 12.1. The minimum atomic E-state index is -0.218. The first-order chi connectivity index (χ1) is 13.7.